The summed E-state index contributed by atoms with van der Waals surface area (Å²) in [5.74, 6) is 4.18. The zero-order chi connectivity index (χ0) is 8.58. The van der Waals surface area contributed by atoms with Crippen LogP contribution in [0, 0.1) is 23.7 Å². The standard InChI is InChI=1S/C11H16OS/c1-13-9-3-5-2-7(9)10-6(5)4-8-11(10)12-8/h5-11H,2-4H2,1H3/t5?,6-,7?,8?,9+,10?,11?/m0/s1. The van der Waals surface area contributed by atoms with E-state index in [-0.39, 0.29) is 0 Å². The summed E-state index contributed by atoms with van der Waals surface area (Å²) in [7, 11) is 0. The van der Waals surface area contributed by atoms with Crippen LogP contribution in [0.2, 0.25) is 0 Å². The van der Waals surface area contributed by atoms with E-state index in [0.717, 1.165) is 35.0 Å². The number of thioether (sulfide) groups is 1. The van der Waals surface area contributed by atoms with E-state index < -0.39 is 0 Å². The summed E-state index contributed by atoms with van der Waals surface area (Å²) >= 11 is 2.11. The quantitative estimate of drug-likeness (QED) is 0.596. The van der Waals surface area contributed by atoms with Crippen molar-refractivity contribution in [2.24, 2.45) is 23.7 Å². The van der Waals surface area contributed by atoms with Crippen molar-refractivity contribution in [3.05, 3.63) is 0 Å². The van der Waals surface area contributed by atoms with Crippen molar-refractivity contribution >= 4 is 11.8 Å². The predicted molar refractivity (Wildman–Crippen MR) is 53.8 cm³/mol. The summed E-state index contributed by atoms with van der Waals surface area (Å²) < 4.78 is 5.70. The number of epoxide rings is 1. The Balaban J connectivity index is 1.67. The Hall–Kier alpha value is 0.310. The van der Waals surface area contributed by atoms with Crippen LogP contribution in [0.4, 0.5) is 0 Å². The number of hydrogen-bond donors (Lipinski definition) is 0. The molecule has 3 saturated carbocycles. The first-order chi connectivity index (χ1) is 6.38. The SMILES string of the molecule is CS[C@@H]1CC2CC1C1C3OC3C[C@@H]21. The normalized spacial score (nSPS) is 66.7. The Morgan fingerprint density at radius 1 is 1.15 bits per heavy atom. The van der Waals surface area contributed by atoms with Gasteiger partial charge < -0.3 is 4.74 Å². The number of ether oxygens (including phenoxy) is 1. The van der Waals surface area contributed by atoms with Gasteiger partial charge in [-0.1, -0.05) is 0 Å². The minimum absolute atomic E-state index is 0.709. The molecule has 0 amide bonds. The molecule has 7 atom stereocenters. The van der Waals surface area contributed by atoms with Gasteiger partial charge in [0.05, 0.1) is 12.2 Å². The Morgan fingerprint density at radius 2 is 2.08 bits per heavy atom. The van der Waals surface area contributed by atoms with Crippen LogP contribution >= 0.6 is 11.8 Å². The molecule has 1 aliphatic heterocycles. The number of rotatable bonds is 1. The fourth-order valence-corrected chi connectivity index (χ4v) is 5.60. The van der Waals surface area contributed by atoms with E-state index in [2.05, 4.69) is 18.0 Å². The molecule has 4 fully saturated rings. The molecule has 3 aliphatic carbocycles. The van der Waals surface area contributed by atoms with Gasteiger partial charge >= 0.3 is 0 Å². The van der Waals surface area contributed by atoms with Crippen molar-refractivity contribution in [1.29, 1.82) is 0 Å². The lowest BCUT2D eigenvalue weighted by molar-refractivity contribution is 0.151. The van der Waals surface area contributed by atoms with Crippen molar-refractivity contribution < 1.29 is 4.74 Å². The summed E-state index contributed by atoms with van der Waals surface area (Å²) in [4.78, 5) is 0. The molecule has 4 aliphatic rings. The molecule has 0 aromatic rings. The van der Waals surface area contributed by atoms with Gasteiger partial charge in [-0.3, -0.25) is 0 Å². The summed E-state index contributed by atoms with van der Waals surface area (Å²) in [5, 5.41) is 0.981. The van der Waals surface area contributed by atoms with E-state index in [9.17, 15) is 0 Å². The molecule has 72 valence electrons. The van der Waals surface area contributed by atoms with Crippen LogP contribution in [0.15, 0.2) is 0 Å². The van der Waals surface area contributed by atoms with Crippen molar-refractivity contribution in [3.8, 4) is 0 Å². The minimum atomic E-state index is 0.709. The predicted octanol–water partition coefficient (Wildman–Crippen LogP) is 2.16. The lowest BCUT2D eigenvalue weighted by atomic mass is 9.81. The van der Waals surface area contributed by atoms with Crippen LogP contribution in [0.3, 0.4) is 0 Å². The lowest BCUT2D eigenvalue weighted by Gasteiger charge is -2.31. The summed E-state index contributed by atoms with van der Waals surface area (Å²) in [6.45, 7) is 0. The van der Waals surface area contributed by atoms with Gasteiger partial charge in [0.1, 0.15) is 0 Å². The third-order valence-corrected chi connectivity index (χ3v) is 6.14. The molecule has 0 aromatic heterocycles. The van der Waals surface area contributed by atoms with Gasteiger partial charge in [-0.05, 0) is 49.2 Å². The second kappa shape index (κ2) is 2.27. The monoisotopic (exact) mass is 196 g/mol. The summed E-state index contributed by atoms with van der Waals surface area (Å²) in [5.41, 5.74) is 0. The second-order valence-electron chi connectivity index (χ2n) is 5.29. The highest BCUT2D eigenvalue weighted by Crippen LogP contribution is 2.65. The van der Waals surface area contributed by atoms with E-state index in [0.29, 0.717) is 6.10 Å². The Bertz CT molecular complexity index is 254. The van der Waals surface area contributed by atoms with Crippen LogP contribution < -0.4 is 0 Å². The molecule has 5 unspecified atom stereocenters. The average Bonchev–Trinajstić information content (AvgIpc) is 2.60. The van der Waals surface area contributed by atoms with Crippen LogP contribution in [0.25, 0.3) is 0 Å². The van der Waals surface area contributed by atoms with Gasteiger partial charge in [-0.25, -0.2) is 0 Å². The molecule has 4 rings (SSSR count). The molecular formula is C11H16OS. The molecule has 0 spiro atoms. The van der Waals surface area contributed by atoms with E-state index >= 15 is 0 Å². The van der Waals surface area contributed by atoms with Crippen molar-refractivity contribution in [2.45, 2.75) is 36.7 Å². The highest BCUT2D eigenvalue weighted by Gasteiger charge is 2.66. The number of fused-ring (bicyclic) bond motifs is 7. The molecule has 0 N–H and O–H groups in total. The second-order valence-corrected chi connectivity index (χ2v) is 6.36. The van der Waals surface area contributed by atoms with Gasteiger partial charge in [0, 0.05) is 5.25 Å². The Labute approximate surface area is 83.6 Å². The van der Waals surface area contributed by atoms with E-state index in [1.54, 1.807) is 0 Å². The fraction of sp³-hybridized carbons (Fsp3) is 1.00. The topological polar surface area (TPSA) is 12.5 Å². The molecular weight excluding hydrogens is 180 g/mol. The van der Waals surface area contributed by atoms with Gasteiger partial charge in [0.25, 0.3) is 0 Å². The summed E-state index contributed by atoms with van der Waals surface area (Å²) in [6, 6.07) is 0. The first-order valence-corrected chi connectivity index (χ1v) is 6.85. The minimum Gasteiger partial charge on any atom is -0.369 e. The average molecular weight is 196 g/mol. The zero-order valence-corrected chi connectivity index (χ0v) is 8.80. The molecule has 2 heteroatoms. The van der Waals surface area contributed by atoms with Crippen molar-refractivity contribution in [1.82, 2.24) is 0 Å². The molecule has 2 bridgehead atoms. The lowest BCUT2D eigenvalue weighted by Crippen LogP contribution is -2.29. The highest BCUT2D eigenvalue weighted by atomic mass is 32.2. The van der Waals surface area contributed by atoms with Crippen LogP contribution in [0.5, 0.6) is 0 Å². The Morgan fingerprint density at radius 3 is 2.92 bits per heavy atom. The van der Waals surface area contributed by atoms with E-state index in [4.69, 9.17) is 4.74 Å². The molecule has 1 saturated heterocycles. The third kappa shape index (κ3) is 0.805. The summed E-state index contributed by atoms with van der Waals surface area (Å²) in [6.07, 6.45) is 8.19. The fourth-order valence-electron chi connectivity index (χ4n) is 4.52. The van der Waals surface area contributed by atoms with Gasteiger partial charge in [-0.15, -0.1) is 0 Å². The van der Waals surface area contributed by atoms with Crippen molar-refractivity contribution in [3.63, 3.8) is 0 Å². The molecule has 0 aromatic carbocycles. The van der Waals surface area contributed by atoms with Crippen LogP contribution in [-0.2, 0) is 4.74 Å². The van der Waals surface area contributed by atoms with Gasteiger partial charge in [-0.2, -0.15) is 11.8 Å². The van der Waals surface area contributed by atoms with Gasteiger partial charge in [0.15, 0.2) is 0 Å². The number of hydrogen-bond acceptors (Lipinski definition) is 2. The molecule has 0 radical (unpaired) electrons. The first-order valence-electron chi connectivity index (χ1n) is 5.56. The largest absolute Gasteiger partial charge is 0.369 e. The van der Waals surface area contributed by atoms with Crippen LogP contribution in [0.1, 0.15) is 19.3 Å². The molecule has 1 heterocycles. The van der Waals surface area contributed by atoms with Crippen molar-refractivity contribution in [2.75, 3.05) is 6.26 Å². The maximum absolute atomic E-state index is 5.70. The highest BCUT2D eigenvalue weighted by molar-refractivity contribution is 7.99. The van der Waals surface area contributed by atoms with E-state index in [1.807, 2.05) is 0 Å². The maximum atomic E-state index is 5.70. The Kier molecular flexibility index (Phi) is 1.33. The third-order valence-electron chi connectivity index (χ3n) is 4.99. The van der Waals surface area contributed by atoms with Crippen LogP contribution in [-0.4, -0.2) is 23.7 Å². The zero-order valence-electron chi connectivity index (χ0n) is 7.98. The van der Waals surface area contributed by atoms with E-state index in [1.165, 1.54) is 19.3 Å². The molecule has 13 heavy (non-hydrogen) atoms. The molecule has 1 nitrogen and oxygen atoms in total. The smallest absolute Gasteiger partial charge is 0.0875 e. The maximum Gasteiger partial charge on any atom is 0.0875 e. The first kappa shape index (κ1) is 7.58. The van der Waals surface area contributed by atoms with Gasteiger partial charge in [0.2, 0.25) is 0 Å².